The number of carbonyl (C=O) groups is 2. The van der Waals surface area contributed by atoms with Gasteiger partial charge in [0.25, 0.3) is 11.8 Å². The molecule has 0 saturated carbocycles. The smallest absolute Gasteiger partial charge is 0.270 e. The molecule has 0 atom stereocenters. The number of para-hydroxylation sites is 1. The molecule has 1 saturated heterocycles. The van der Waals surface area contributed by atoms with E-state index in [0.29, 0.717) is 29.4 Å². The van der Waals surface area contributed by atoms with Crippen LogP contribution in [0.2, 0.25) is 5.02 Å². The van der Waals surface area contributed by atoms with Gasteiger partial charge in [-0.1, -0.05) is 59.6 Å². The number of halogens is 1. The van der Waals surface area contributed by atoms with E-state index in [1.165, 1.54) is 18.1 Å². The van der Waals surface area contributed by atoms with E-state index >= 15 is 0 Å². The van der Waals surface area contributed by atoms with Crippen molar-refractivity contribution in [2.45, 2.75) is 13.5 Å². The third kappa shape index (κ3) is 4.95. The van der Waals surface area contributed by atoms with Crippen LogP contribution in [0.5, 0.6) is 11.5 Å². The first-order valence-corrected chi connectivity index (χ1v) is 11.2. The van der Waals surface area contributed by atoms with Crippen LogP contribution in [-0.4, -0.2) is 24.0 Å². The van der Waals surface area contributed by atoms with Gasteiger partial charge in [0.05, 0.1) is 17.8 Å². The molecule has 0 aromatic heterocycles. The van der Waals surface area contributed by atoms with E-state index < -0.39 is 11.8 Å². The van der Waals surface area contributed by atoms with Crippen molar-refractivity contribution in [2.24, 2.45) is 0 Å². The third-order valence-corrected chi connectivity index (χ3v) is 5.75. The third-order valence-electron chi connectivity index (χ3n) is 5.18. The van der Waals surface area contributed by atoms with Crippen molar-refractivity contribution >= 4 is 52.5 Å². The molecule has 0 radical (unpaired) electrons. The van der Waals surface area contributed by atoms with Gasteiger partial charge in [0, 0.05) is 0 Å². The predicted molar refractivity (Wildman–Crippen MR) is 136 cm³/mol. The molecule has 0 unspecified atom stereocenters. The second-order valence-electron chi connectivity index (χ2n) is 7.60. The predicted octanol–water partition coefficient (Wildman–Crippen LogP) is 5.07. The number of methoxy groups -OCH3 is 1. The van der Waals surface area contributed by atoms with Gasteiger partial charge in [0.15, 0.2) is 16.6 Å². The molecule has 6 nitrogen and oxygen atoms in total. The standard InChI is InChI=1S/C26H21ClN2O4S/c1-16-8-10-17(11-9-16)15-33-23-21(27)13-18(14-22(23)32-2)12-20-24(30)28-26(34)29(25(20)31)19-6-4-3-5-7-19/h3-14H,15H2,1-2H3,(H,28,30,34)/b20-12-. The average molecular weight is 493 g/mol. The monoisotopic (exact) mass is 492 g/mol. The van der Waals surface area contributed by atoms with Crippen LogP contribution in [0, 0.1) is 6.92 Å². The number of aryl methyl sites for hydroxylation is 1. The lowest BCUT2D eigenvalue weighted by Crippen LogP contribution is -2.54. The normalized spacial score (nSPS) is 14.9. The second-order valence-corrected chi connectivity index (χ2v) is 8.40. The zero-order valence-corrected chi connectivity index (χ0v) is 20.1. The van der Waals surface area contributed by atoms with E-state index in [2.05, 4.69) is 5.32 Å². The summed E-state index contributed by atoms with van der Waals surface area (Å²) in [6, 6.07) is 20.1. The van der Waals surface area contributed by atoms with Crippen LogP contribution in [-0.2, 0) is 16.2 Å². The Kier molecular flexibility index (Phi) is 6.95. The average Bonchev–Trinajstić information content (AvgIpc) is 2.82. The molecule has 3 aromatic rings. The number of benzene rings is 3. The molecule has 8 heteroatoms. The van der Waals surface area contributed by atoms with Crippen molar-refractivity contribution in [1.82, 2.24) is 5.32 Å². The Hall–Kier alpha value is -3.68. The lowest BCUT2D eigenvalue weighted by atomic mass is 10.1. The lowest BCUT2D eigenvalue weighted by Gasteiger charge is -2.28. The van der Waals surface area contributed by atoms with E-state index in [1.54, 1.807) is 36.4 Å². The zero-order valence-electron chi connectivity index (χ0n) is 18.5. The Morgan fingerprint density at radius 1 is 1.06 bits per heavy atom. The summed E-state index contributed by atoms with van der Waals surface area (Å²) in [4.78, 5) is 27.0. The molecular weight excluding hydrogens is 472 g/mol. The number of carbonyl (C=O) groups excluding carboxylic acids is 2. The molecule has 2 amide bonds. The van der Waals surface area contributed by atoms with Gasteiger partial charge in [0.1, 0.15) is 12.2 Å². The summed E-state index contributed by atoms with van der Waals surface area (Å²) in [5, 5.41) is 2.88. The molecule has 0 aliphatic carbocycles. The van der Waals surface area contributed by atoms with E-state index in [1.807, 2.05) is 37.3 Å². The topological polar surface area (TPSA) is 67.9 Å². The molecule has 3 aromatic carbocycles. The van der Waals surface area contributed by atoms with Crippen molar-refractivity contribution in [3.63, 3.8) is 0 Å². The van der Waals surface area contributed by atoms with E-state index in [0.717, 1.165) is 11.1 Å². The van der Waals surface area contributed by atoms with Crippen LogP contribution in [0.4, 0.5) is 5.69 Å². The summed E-state index contributed by atoms with van der Waals surface area (Å²) in [6.07, 6.45) is 1.45. The molecule has 0 bridgehead atoms. The summed E-state index contributed by atoms with van der Waals surface area (Å²) in [6.45, 7) is 2.32. The van der Waals surface area contributed by atoms with Crippen molar-refractivity contribution in [2.75, 3.05) is 12.0 Å². The Labute approximate surface area is 207 Å². The number of ether oxygens (including phenoxy) is 2. The molecule has 1 heterocycles. The van der Waals surface area contributed by atoms with Crippen molar-refractivity contribution in [3.05, 3.63) is 94.0 Å². The molecule has 1 fully saturated rings. The number of hydrogen-bond acceptors (Lipinski definition) is 5. The maximum absolute atomic E-state index is 13.2. The van der Waals surface area contributed by atoms with Gasteiger partial charge in [-0.3, -0.25) is 19.8 Å². The summed E-state index contributed by atoms with van der Waals surface area (Å²) in [7, 11) is 1.50. The van der Waals surface area contributed by atoms with Gasteiger partial charge in [-0.15, -0.1) is 0 Å². The highest BCUT2D eigenvalue weighted by Gasteiger charge is 2.34. The van der Waals surface area contributed by atoms with Crippen molar-refractivity contribution in [3.8, 4) is 11.5 Å². The first kappa shape index (κ1) is 23.5. The summed E-state index contributed by atoms with van der Waals surface area (Å²) >= 11 is 11.7. The second kappa shape index (κ2) is 10.1. The Bertz CT molecular complexity index is 1290. The van der Waals surface area contributed by atoms with Gasteiger partial charge >= 0.3 is 0 Å². The minimum atomic E-state index is -0.586. The Morgan fingerprint density at radius 2 is 1.76 bits per heavy atom. The number of thiocarbonyl (C=S) groups is 1. The fourth-order valence-electron chi connectivity index (χ4n) is 3.44. The van der Waals surface area contributed by atoms with Crippen molar-refractivity contribution in [1.29, 1.82) is 0 Å². The summed E-state index contributed by atoms with van der Waals surface area (Å²) in [5.41, 5.74) is 3.12. The molecule has 1 aliphatic heterocycles. The molecule has 1 aliphatic rings. The summed E-state index contributed by atoms with van der Waals surface area (Å²) in [5.74, 6) is -0.365. The fourth-order valence-corrected chi connectivity index (χ4v) is 3.99. The first-order chi connectivity index (χ1) is 16.4. The van der Waals surface area contributed by atoms with Gasteiger partial charge in [-0.05, 0) is 60.6 Å². The maximum atomic E-state index is 13.2. The molecule has 34 heavy (non-hydrogen) atoms. The molecular formula is C26H21ClN2O4S. The van der Waals surface area contributed by atoms with Crippen molar-refractivity contribution < 1.29 is 19.1 Å². The number of rotatable bonds is 6. The van der Waals surface area contributed by atoms with Crippen LogP contribution in [0.3, 0.4) is 0 Å². The molecule has 1 N–H and O–H groups in total. The first-order valence-electron chi connectivity index (χ1n) is 10.4. The van der Waals surface area contributed by atoms with Crippen LogP contribution >= 0.6 is 23.8 Å². The summed E-state index contributed by atoms with van der Waals surface area (Å²) < 4.78 is 11.4. The minimum absolute atomic E-state index is 0.0221. The largest absolute Gasteiger partial charge is 0.493 e. The molecule has 0 spiro atoms. The molecule has 4 rings (SSSR count). The van der Waals surface area contributed by atoms with Gasteiger partial charge < -0.3 is 9.47 Å². The number of amides is 2. The number of nitrogens with zero attached hydrogens (tertiary/aromatic N) is 1. The van der Waals surface area contributed by atoms with Crippen LogP contribution in [0.1, 0.15) is 16.7 Å². The Balaban J connectivity index is 1.63. The zero-order chi connectivity index (χ0) is 24.2. The minimum Gasteiger partial charge on any atom is -0.493 e. The number of nitrogens with one attached hydrogen (secondary N) is 1. The highest BCUT2D eigenvalue weighted by molar-refractivity contribution is 7.80. The van der Waals surface area contributed by atoms with Crippen LogP contribution in [0.25, 0.3) is 6.08 Å². The van der Waals surface area contributed by atoms with Gasteiger partial charge in [-0.2, -0.15) is 0 Å². The highest BCUT2D eigenvalue weighted by Crippen LogP contribution is 2.38. The highest BCUT2D eigenvalue weighted by atomic mass is 35.5. The van der Waals surface area contributed by atoms with Gasteiger partial charge in [-0.25, -0.2) is 0 Å². The Morgan fingerprint density at radius 3 is 2.44 bits per heavy atom. The van der Waals surface area contributed by atoms with E-state index in [-0.39, 0.29) is 15.7 Å². The quantitative estimate of drug-likeness (QED) is 0.296. The van der Waals surface area contributed by atoms with Crippen LogP contribution in [0.15, 0.2) is 72.3 Å². The number of anilines is 1. The SMILES string of the molecule is COc1cc(/C=C2/C(=O)NC(=S)N(c3ccccc3)C2=O)cc(Cl)c1OCc1ccc(C)cc1. The fraction of sp³-hybridized carbons (Fsp3) is 0.115. The van der Waals surface area contributed by atoms with Crippen LogP contribution < -0.4 is 19.7 Å². The number of hydrogen-bond donors (Lipinski definition) is 1. The van der Waals surface area contributed by atoms with E-state index in [9.17, 15) is 9.59 Å². The molecule has 172 valence electrons. The van der Waals surface area contributed by atoms with E-state index in [4.69, 9.17) is 33.3 Å². The maximum Gasteiger partial charge on any atom is 0.270 e. The lowest BCUT2D eigenvalue weighted by molar-refractivity contribution is -0.122. The van der Waals surface area contributed by atoms with Gasteiger partial charge in [0.2, 0.25) is 0 Å².